The Hall–Kier alpha value is -2.79. The van der Waals surface area contributed by atoms with Crippen molar-refractivity contribution in [2.24, 2.45) is 0 Å². The highest BCUT2D eigenvalue weighted by Crippen LogP contribution is 2.30. The monoisotopic (exact) mass is 471 g/mol. The quantitative estimate of drug-likeness (QED) is 0.577. The second-order valence-electron chi connectivity index (χ2n) is 7.62. The lowest BCUT2D eigenvalue weighted by Crippen LogP contribution is -2.42. The summed E-state index contributed by atoms with van der Waals surface area (Å²) < 4.78 is 27.5. The first-order chi connectivity index (χ1) is 15.3. The van der Waals surface area contributed by atoms with E-state index in [1.807, 2.05) is 60.7 Å². The van der Waals surface area contributed by atoms with Crippen LogP contribution in [0.25, 0.3) is 0 Å². The molecule has 0 radical (unpaired) electrons. The summed E-state index contributed by atoms with van der Waals surface area (Å²) in [5.74, 6) is 0. The molecule has 32 heavy (non-hydrogen) atoms. The third kappa shape index (κ3) is 4.83. The van der Waals surface area contributed by atoms with E-state index < -0.39 is 10.2 Å². The Morgan fingerprint density at radius 3 is 2.22 bits per heavy atom. The highest BCUT2D eigenvalue weighted by atomic mass is 32.2. The van der Waals surface area contributed by atoms with Crippen molar-refractivity contribution in [2.45, 2.75) is 19.0 Å². The minimum atomic E-state index is -3.49. The lowest BCUT2D eigenvalue weighted by molar-refractivity contribution is 0.250. The van der Waals surface area contributed by atoms with Crippen molar-refractivity contribution < 1.29 is 13.2 Å². The number of amides is 2. The maximum Gasteiger partial charge on any atom is 0.321 e. The normalized spacial score (nSPS) is 14.4. The maximum atomic E-state index is 12.8. The van der Waals surface area contributed by atoms with E-state index in [2.05, 4.69) is 15.6 Å². The number of carbonyl (C=O) groups excluding carboxylic acids is 1. The van der Waals surface area contributed by atoms with Gasteiger partial charge in [-0.05, 0) is 11.1 Å². The summed E-state index contributed by atoms with van der Waals surface area (Å²) in [5.41, 5.74) is 2.77. The van der Waals surface area contributed by atoms with Crippen LogP contribution in [0.5, 0.6) is 0 Å². The van der Waals surface area contributed by atoms with Gasteiger partial charge in [-0.25, -0.2) is 9.78 Å². The average Bonchev–Trinajstić information content (AvgIpc) is 3.20. The molecule has 2 heterocycles. The number of fused-ring (bicyclic) bond motifs is 1. The molecule has 2 aromatic carbocycles. The molecule has 0 fully saturated rings. The van der Waals surface area contributed by atoms with Crippen molar-refractivity contribution >= 4 is 32.7 Å². The molecular formula is C22H25N5O3S2. The van der Waals surface area contributed by atoms with Gasteiger partial charge in [0.1, 0.15) is 0 Å². The van der Waals surface area contributed by atoms with E-state index in [9.17, 15) is 13.2 Å². The zero-order valence-electron chi connectivity index (χ0n) is 17.9. The molecule has 4 rings (SSSR count). The molecule has 1 aromatic heterocycles. The first kappa shape index (κ1) is 22.4. The number of nitrogens with zero attached hydrogens (tertiary/aromatic N) is 3. The fourth-order valence-corrected chi connectivity index (χ4v) is 5.74. The van der Waals surface area contributed by atoms with E-state index in [0.717, 1.165) is 21.7 Å². The van der Waals surface area contributed by atoms with Gasteiger partial charge in [-0.3, -0.25) is 5.32 Å². The summed E-state index contributed by atoms with van der Waals surface area (Å²) in [6.07, 6.45) is 0.513. The van der Waals surface area contributed by atoms with Gasteiger partial charge in [-0.1, -0.05) is 72.0 Å². The summed E-state index contributed by atoms with van der Waals surface area (Å²) in [6, 6.07) is 18.8. The Balaban J connectivity index is 1.48. The second kappa shape index (κ2) is 9.37. The van der Waals surface area contributed by atoms with Crippen LogP contribution in [0.3, 0.4) is 0 Å². The summed E-state index contributed by atoms with van der Waals surface area (Å²) in [6.45, 7) is 0.625. The first-order valence-electron chi connectivity index (χ1n) is 10.2. The van der Waals surface area contributed by atoms with Crippen LogP contribution < -0.4 is 10.6 Å². The van der Waals surface area contributed by atoms with Crippen LogP contribution in [0, 0.1) is 0 Å². The molecule has 0 unspecified atom stereocenters. The van der Waals surface area contributed by atoms with Crippen molar-refractivity contribution in [1.82, 2.24) is 18.9 Å². The highest BCUT2D eigenvalue weighted by molar-refractivity contribution is 7.86. The van der Waals surface area contributed by atoms with Gasteiger partial charge in [0.25, 0.3) is 10.2 Å². The van der Waals surface area contributed by atoms with Crippen LogP contribution in [0.15, 0.2) is 60.7 Å². The number of anilines is 1. The van der Waals surface area contributed by atoms with Crippen LogP contribution in [0.1, 0.15) is 27.7 Å². The van der Waals surface area contributed by atoms with Gasteiger partial charge in [0.15, 0.2) is 5.13 Å². The number of nitrogens with one attached hydrogen (secondary N) is 2. The zero-order chi connectivity index (χ0) is 22.7. The van der Waals surface area contributed by atoms with E-state index in [-0.39, 0.29) is 18.6 Å². The van der Waals surface area contributed by atoms with Crippen molar-refractivity contribution in [2.75, 3.05) is 26.0 Å². The van der Waals surface area contributed by atoms with Crippen molar-refractivity contribution in [3.63, 3.8) is 0 Å². The van der Waals surface area contributed by atoms with Crippen molar-refractivity contribution in [1.29, 1.82) is 0 Å². The Kier molecular flexibility index (Phi) is 6.56. The van der Waals surface area contributed by atoms with Gasteiger partial charge in [-0.15, -0.1) is 0 Å². The molecule has 3 aromatic rings. The van der Waals surface area contributed by atoms with Crippen molar-refractivity contribution in [3.05, 3.63) is 82.4 Å². The third-order valence-corrected chi connectivity index (χ3v) is 8.13. The van der Waals surface area contributed by atoms with Gasteiger partial charge >= 0.3 is 6.03 Å². The fourth-order valence-electron chi connectivity index (χ4n) is 3.57. The number of carbonyl (C=O) groups is 1. The molecule has 0 bridgehead atoms. The van der Waals surface area contributed by atoms with Crippen LogP contribution in [0.4, 0.5) is 9.93 Å². The number of rotatable bonds is 6. The van der Waals surface area contributed by atoms with E-state index in [0.29, 0.717) is 18.1 Å². The van der Waals surface area contributed by atoms with Crippen LogP contribution in [0.2, 0.25) is 0 Å². The molecule has 2 amide bonds. The molecule has 10 heteroatoms. The van der Waals surface area contributed by atoms with Crippen molar-refractivity contribution in [3.8, 4) is 0 Å². The number of aromatic nitrogens is 1. The maximum absolute atomic E-state index is 12.8. The van der Waals surface area contributed by atoms with E-state index in [4.69, 9.17) is 0 Å². The average molecular weight is 472 g/mol. The van der Waals surface area contributed by atoms with E-state index >= 15 is 0 Å². The minimum Gasteiger partial charge on any atom is -0.327 e. The standard InChI is InChI=1S/C22H25N5O3S2/c1-26(2)32(29,30)27-14-13-18-19(15-27)31-22(23-18)25-21(28)24-20(16-9-5-3-6-10-16)17-11-7-4-8-12-17/h3-12,20H,13-15H2,1-2H3,(H2,23,24,25,28). The number of benzene rings is 2. The highest BCUT2D eigenvalue weighted by Gasteiger charge is 2.30. The van der Waals surface area contributed by atoms with E-state index in [1.54, 1.807) is 0 Å². The molecule has 168 valence electrons. The number of hydrogen-bond donors (Lipinski definition) is 2. The Morgan fingerprint density at radius 1 is 1.06 bits per heavy atom. The smallest absolute Gasteiger partial charge is 0.321 e. The van der Waals surface area contributed by atoms with Gasteiger partial charge in [-0.2, -0.15) is 17.0 Å². The molecule has 0 aliphatic carbocycles. The molecule has 0 spiro atoms. The third-order valence-electron chi connectivity index (χ3n) is 5.25. The van der Waals surface area contributed by atoms with Gasteiger partial charge in [0.05, 0.1) is 18.3 Å². The summed E-state index contributed by atoms with van der Waals surface area (Å²) >= 11 is 1.31. The van der Waals surface area contributed by atoms with Gasteiger partial charge < -0.3 is 5.32 Å². The molecule has 8 nitrogen and oxygen atoms in total. The molecule has 0 saturated heterocycles. The lowest BCUT2D eigenvalue weighted by Gasteiger charge is -2.27. The van der Waals surface area contributed by atoms with Gasteiger partial charge in [0, 0.05) is 31.9 Å². The second-order valence-corrected chi connectivity index (χ2v) is 10.8. The molecular weight excluding hydrogens is 446 g/mol. The molecule has 2 N–H and O–H groups in total. The SMILES string of the molecule is CN(C)S(=O)(=O)N1CCc2nc(NC(=O)NC(c3ccccc3)c3ccccc3)sc2C1. The Labute approximate surface area is 192 Å². The predicted octanol–water partition coefficient (Wildman–Crippen LogP) is 3.22. The summed E-state index contributed by atoms with van der Waals surface area (Å²) in [7, 11) is -0.451. The summed E-state index contributed by atoms with van der Waals surface area (Å²) in [5, 5.41) is 6.31. The molecule has 0 atom stereocenters. The summed E-state index contributed by atoms with van der Waals surface area (Å²) in [4.78, 5) is 18.2. The fraction of sp³-hybridized carbons (Fsp3) is 0.273. The first-order valence-corrected chi connectivity index (χ1v) is 12.4. The molecule has 0 saturated carbocycles. The molecule has 1 aliphatic rings. The van der Waals surface area contributed by atoms with Gasteiger partial charge in [0.2, 0.25) is 0 Å². The lowest BCUT2D eigenvalue weighted by atomic mass is 9.99. The number of urea groups is 1. The largest absolute Gasteiger partial charge is 0.327 e. The number of hydrogen-bond acceptors (Lipinski definition) is 5. The molecule has 1 aliphatic heterocycles. The topological polar surface area (TPSA) is 94.6 Å². The van der Waals surface area contributed by atoms with Crippen LogP contribution >= 0.6 is 11.3 Å². The zero-order valence-corrected chi connectivity index (χ0v) is 19.5. The van der Waals surface area contributed by atoms with Crippen LogP contribution in [-0.2, 0) is 23.2 Å². The van der Waals surface area contributed by atoms with Crippen LogP contribution in [-0.4, -0.2) is 48.7 Å². The van der Waals surface area contributed by atoms with E-state index in [1.165, 1.54) is 34.0 Å². The Morgan fingerprint density at radius 2 is 1.66 bits per heavy atom. The predicted molar refractivity (Wildman–Crippen MR) is 126 cm³/mol. The minimum absolute atomic E-state index is 0.257. The Bertz CT molecular complexity index is 1140. The number of thiazole rings is 1.